The lowest BCUT2D eigenvalue weighted by atomic mass is 10.2. The third-order valence-electron chi connectivity index (χ3n) is 1.99. The second kappa shape index (κ2) is 3.45. The summed E-state index contributed by atoms with van der Waals surface area (Å²) >= 11 is 0. The van der Waals surface area contributed by atoms with Crippen LogP contribution >= 0.6 is 0 Å². The molecule has 0 aliphatic carbocycles. The number of pyridine rings is 1. The van der Waals surface area contributed by atoms with E-state index < -0.39 is 0 Å². The second-order valence-corrected chi connectivity index (χ2v) is 2.84. The molecule has 0 amide bonds. The number of hydrogen-bond acceptors (Lipinski definition) is 4. The minimum absolute atomic E-state index is 0.482. The van der Waals surface area contributed by atoms with Gasteiger partial charge in [-0.3, -0.25) is 0 Å². The molecule has 0 aliphatic rings. The van der Waals surface area contributed by atoms with Gasteiger partial charge in [-0.05, 0) is 19.1 Å². The highest BCUT2D eigenvalue weighted by atomic mass is 15.3. The molecule has 2 N–H and O–H groups in total. The standard InChI is InChI=1S/C9H11N5/c1-2-14-9(12-6-13-14)7-4-3-5-11-8(7)10/h3-6H,2H2,1H3,(H2,10,11). The Hall–Kier alpha value is -1.91. The third-order valence-corrected chi connectivity index (χ3v) is 1.99. The van der Waals surface area contributed by atoms with E-state index in [-0.39, 0.29) is 0 Å². The molecule has 0 fully saturated rings. The average Bonchev–Trinajstić information content (AvgIpc) is 2.66. The van der Waals surface area contributed by atoms with E-state index in [1.165, 1.54) is 6.33 Å². The van der Waals surface area contributed by atoms with E-state index in [4.69, 9.17) is 5.73 Å². The topological polar surface area (TPSA) is 69.6 Å². The molecule has 0 atom stereocenters. The first-order valence-electron chi connectivity index (χ1n) is 4.41. The van der Waals surface area contributed by atoms with Crippen molar-refractivity contribution in [3.63, 3.8) is 0 Å². The molecule has 2 aromatic heterocycles. The molecule has 0 unspecified atom stereocenters. The molecule has 0 saturated heterocycles. The van der Waals surface area contributed by atoms with Gasteiger partial charge in [-0.1, -0.05) is 0 Å². The van der Waals surface area contributed by atoms with Gasteiger partial charge in [0.15, 0.2) is 5.82 Å². The Morgan fingerprint density at radius 2 is 2.29 bits per heavy atom. The lowest BCUT2D eigenvalue weighted by molar-refractivity contribution is 0.666. The Balaban J connectivity index is 2.54. The SMILES string of the molecule is CCn1ncnc1-c1cccnc1N. The highest BCUT2D eigenvalue weighted by Gasteiger charge is 2.08. The largest absolute Gasteiger partial charge is 0.383 e. The predicted octanol–water partition coefficient (Wildman–Crippen LogP) is 0.942. The summed E-state index contributed by atoms with van der Waals surface area (Å²) in [5, 5.41) is 4.07. The van der Waals surface area contributed by atoms with Crippen molar-refractivity contribution in [1.82, 2.24) is 19.7 Å². The van der Waals surface area contributed by atoms with Crippen molar-refractivity contribution in [2.24, 2.45) is 0 Å². The van der Waals surface area contributed by atoms with Crippen molar-refractivity contribution in [2.75, 3.05) is 5.73 Å². The average molecular weight is 189 g/mol. The molecule has 2 rings (SSSR count). The van der Waals surface area contributed by atoms with Crippen molar-refractivity contribution < 1.29 is 0 Å². The van der Waals surface area contributed by atoms with Crippen LogP contribution in [0.1, 0.15) is 6.92 Å². The normalized spacial score (nSPS) is 10.4. The van der Waals surface area contributed by atoms with E-state index in [1.54, 1.807) is 10.9 Å². The number of rotatable bonds is 2. The Morgan fingerprint density at radius 3 is 3.00 bits per heavy atom. The van der Waals surface area contributed by atoms with Crippen molar-refractivity contribution in [1.29, 1.82) is 0 Å². The summed E-state index contributed by atoms with van der Waals surface area (Å²) in [6, 6.07) is 3.72. The Bertz CT molecular complexity index is 434. The maximum Gasteiger partial charge on any atom is 0.161 e. The monoisotopic (exact) mass is 189 g/mol. The number of aromatic nitrogens is 4. The summed E-state index contributed by atoms with van der Waals surface area (Å²) in [7, 11) is 0. The van der Waals surface area contributed by atoms with Crippen molar-refractivity contribution in [3.8, 4) is 11.4 Å². The molecule has 0 radical (unpaired) electrons. The van der Waals surface area contributed by atoms with Crippen LogP contribution in [0.15, 0.2) is 24.7 Å². The van der Waals surface area contributed by atoms with Gasteiger partial charge in [0.25, 0.3) is 0 Å². The molecule has 0 aromatic carbocycles. The van der Waals surface area contributed by atoms with E-state index >= 15 is 0 Å². The summed E-state index contributed by atoms with van der Waals surface area (Å²) in [5.74, 6) is 1.24. The van der Waals surface area contributed by atoms with Crippen molar-refractivity contribution >= 4 is 5.82 Å². The zero-order valence-corrected chi connectivity index (χ0v) is 7.88. The van der Waals surface area contributed by atoms with Crippen LogP contribution in [0, 0.1) is 0 Å². The summed E-state index contributed by atoms with van der Waals surface area (Å²) in [5.41, 5.74) is 6.57. The fourth-order valence-corrected chi connectivity index (χ4v) is 1.31. The zero-order valence-electron chi connectivity index (χ0n) is 7.88. The van der Waals surface area contributed by atoms with Crippen LogP contribution in [0.4, 0.5) is 5.82 Å². The van der Waals surface area contributed by atoms with E-state index in [2.05, 4.69) is 15.1 Å². The van der Waals surface area contributed by atoms with Crippen LogP contribution in [-0.2, 0) is 6.54 Å². The van der Waals surface area contributed by atoms with Gasteiger partial charge in [0, 0.05) is 12.7 Å². The van der Waals surface area contributed by atoms with E-state index in [0.29, 0.717) is 5.82 Å². The minimum atomic E-state index is 0.482. The van der Waals surface area contributed by atoms with Gasteiger partial charge in [0.2, 0.25) is 0 Å². The molecular formula is C9H11N5. The van der Waals surface area contributed by atoms with Crippen molar-refractivity contribution in [2.45, 2.75) is 13.5 Å². The summed E-state index contributed by atoms with van der Waals surface area (Å²) < 4.78 is 1.79. The maximum absolute atomic E-state index is 5.74. The maximum atomic E-state index is 5.74. The molecular weight excluding hydrogens is 178 g/mol. The Morgan fingerprint density at radius 1 is 1.43 bits per heavy atom. The predicted molar refractivity (Wildman–Crippen MR) is 53.3 cm³/mol. The first kappa shape index (κ1) is 8.68. The molecule has 72 valence electrons. The van der Waals surface area contributed by atoms with Crippen LogP contribution in [-0.4, -0.2) is 19.7 Å². The zero-order chi connectivity index (χ0) is 9.97. The number of nitrogen functional groups attached to an aromatic ring is 1. The van der Waals surface area contributed by atoms with Gasteiger partial charge in [-0.15, -0.1) is 0 Å². The molecule has 0 aliphatic heterocycles. The fraction of sp³-hybridized carbons (Fsp3) is 0.222. The second-order valence-electron chi connectivity index (χ2n) is 2.84. The van der Waals surface area contributed by atoms with Crippen LogP contribution in [0.2, 0.25) is 0 Å². The first-order valence-corrected chi connectivity index (χ1v) is 4.41. The highest BCUT2D eigenvalue weighted by molar-refractivity contribution is 5.67. The van der Waals surface area contributed by atoms with Gasteiger partial charge in [-0.2, -0.15) is 5.10 Å². The summed E-state index contributed by atoms with van der Waals surface area (Å²) in [6.45, 7) is 2.77. The summed E-state index contributed by atoms with van der Waals surface area (Å²) in [4.78, 5) is 8.16. The molecule has 0 bridgehead atoms. The smallest absolute Gasteiger partial charge is 0.161 e. The number of anilines is 1. The quantitative estimate of drug-likeness (QED) is 0.763. The van der Waals surface area contributed by atoms with Gasteiger partial charge < -0.3 is 5.73 Å². The molecule has 5 nitrogen and oxygen atoms in total. The number of nitrogens with two attached hydrogens (primary N) is 1. The molecule has 2 aromatic rings. The molecule has 0 spiro atoms. The van der Waals surface area contributed by atoms with Crippen molar-refractivity contribution in [3.05, 3.63) is 24.7 Å². The number of aryl methyl sites for hydroxylation is 1. The van der Waals surface area contributed by atoms with Crippen LogP contribution < -0.4 is 5.73 Å². The van der Waals surface area contributed by atoms with E-state index in [1.807, 2.05) is 19.1 Å². The van der Waals surface area contributed by atoms with Crippen LogP contribution in [0.25, 0.3) is 11.4 Å². The fourth-order valence-electron chi connectivity index (χ4n) is 1.31. The first-order chi connectivity index (χ1) is 6.83. The highest BCUT2D eigenvalue weighted by Crippen LogP contribution is 2.20. The van der Waals surface area contributed by atoms with E-state index in [9.17, 15) is 0 Å². The van der Waals surface area contributed by atoms with Gasteiger partial charge in [0.1, 0.15) is 12.1 Å². The minimum Gasteiger partial charge on any atom is -0.383 e. The third kappa shape index (κ3) is 1.32. The van der Waals surface area contributed by atoms with Gasteiger partial charge in [0.05, 0.1) is 5.56 Å². The van der Waals surface area contributed by atoms with Gasteiger partial charge in [-0.25, -0.2) is 14.6 Å². The van der Waals surface area contributed by atoms with E-state index in [0.717, 1.165) is 17.9 Å². The van der Waals surface area contributed by atoms with Gasteiger partial charge >= 0.3 is 0 Å². The lowest BCUT2D eigenvalue weighted by Crippen LogP contribution is -2.02. The Labute approximate surface area is 81.6 Å². The molecule has 0 saturated carbocycles. The lowest BCUT2D eigenvalue weighted by Gasteiger charge is -2.04. The Kier molecular flexibility index (Phi) is 2.14. The molecule has 5 heteroatoms. The number of hydrogen-bond donors (Lipinski definition) is 1. The molecule has 2 heterocycles. The van der Waals surface area contributed by atoms with Crippen LogP contribution in [0.3, 0.4) is 0 Å². The summed E-state index contributed by atoms with van der Waals surface area (Å²) in [6.07, 6.45) is 3.18. The number of nitrogens with zero attached hydrogens (tertiary/aromatic N) is 4. The van der Waals surface area contributed by atoms with Crippen LogP contribution in [0.5, 0.6) is 0 Å². The molecule has 14 heavy (non-hydrogen) atoms.